The van der Waals surface area contributed by atoms with Crippen LogP contribution in [0, 0.1) is 11.8 Å². The van der Waals surface area contributed by atoms with Crippen molar-refractivity contribution in [1.29, 1.82) is 0 Å². The fourth-order valence-electron chi connectivity index (χ4n) is 2.87. The summed E-state index contributed by atoms with van der Waals surface area (Å²) in [5, 5.41) is -0.876. The maximum absolute atomic E-state index is 12.0. The first kappa shape index (κ1) is 18.4. The third-order valence-electron chi connectivity index (χ3n) is 4.23. The molecule has 6 atom stereocenters. The average Bonchev–Trinajstić information content (AvgIpc) is 2.44. The smallest absolute Gasteiger partial charge is 0.247 e. The predicted octanol–water partition coefficient (Wildman–Crippen LogP) is 4.02. The van der Waals surface area contributed by atoms with Crippen LogP contribution in [-0.2, 0) is 19.4 Å². The van der Waals surface area contributed by atoms with E-state index in [2.05, 4.69) is 9.78 Å². The van der Waals surface area contributed by atoms with Crippen molar-refractivity contribution in [3.8, 4) is 0 Å². The van der Waals surface area contributed by atoms with Gasteiger partial charge in [0.05, 0.1) is 11.8 Å². The van der Waals surface area contributed by atoms with Crippen molar-refractivity contribution in [2.75, 3.05) is 0 Å². The topological polar surface area (TPSA) is 52.6 Å². The van der Waals surface area contributed by atoms with Gasteiger partial charge in [-0.1, -0.05) is 0 Å². The summed E-state index contributed by atoms with van der Waals surface area (Å²) >= 11 is 24.2. The Bertz CT molecular complexity index is 382. The van der Waals surface area contributed by atoms with Gasteiger partial charge in [0.15, 0.2) is 0 Å². The fraction of sp³-hybridized carbons (Fsp3) is 0.857. The highest BCUT2D eigenvalue weighted by Crippen LogP contribution is 2.34. The van der Waals surface area contributed by atoms with E-state index < -0.39 is 34.5 Å². The van der Waals surface area contributed by atoms with Crippen molar-refractivity contribution in [2.45, 2.75) is 60.0 Å². The molecule has 126 valence electrons. The second-order valence-electron chi connectivity index (χ2n) is 5.87. The standard InChI is InChI=1S/C14H18Cl4O4/c15-7-1-3-9(11(17)5-7)13(19)21-22-14(20)10-4-2-8(16)6-12(10)18/h7-12H,1-6H2. The number of carbonyl (C=O) groups excluding carboxylic acids is 2. The van der Waals surface area contributed by atoms with Gasteiger partial charge in [-0.2, -0.15) is 0 Å². The first-order valence-corrected chi connectivity index (χ1v) is 9.11. The van der Waals surface area contributed by atoms with Crippen LogP contribution in [0.4, 0.5) is 0 Å². The van der Waals surface area contributed by atoms with Gasteiger partial charge in [0.1, 0.15) is 0 Å². The summed E-state index contributed by atoms with van der Waals surface area (Å²) in [6.45, 7) is 0. The molecular formula is C14H18Cl4O4. The zero-order valence-corrected chi connectivity index (χ0v) is 14.9. The van der Waals surface area contributed by atoms with E-state index in [-0.39, 0.29) is 10.8 Å². The zero-order chi connectivity index (χ0) is 16.3. The number of rotatable bonds is 2. The highest BCUT2D eigenvalue weighted by Gasteiger charge is 2.38. The van der Waals surface area contributed by atoms with Crippen LogP contribution in [0.3, 0.4) is 0 Å². The van der Waals surface area contributed by atoms with Gasteiger partial charge >= 0.3 is 11.9 Å². The van der Waals surface area contributed by atoms with Crippen LogP contribution in [-0.4, -0.2) is 33.4 Å². The first-order chi connectivity index (χ1) is 10.4. The Kier molecular flexibility index (Phi) is 6.93. The van der Waals surface area contributed by atoms with E-state index >= 15 is 0 Å². The number of alkyl halides is 4. The molecule has 22 heavy (non-hydrogen) atoms. The van der Waals surface area contributed by atoms with Crippen LogP contribution in [0.5, 0.6) is 0 Å². The molecule has 0 spiro atoms. The highest BCUT2D eigenvalue weighted by molar-refractivity contribution is 6.25. The van der Waals surface area contributed by atoms with E-state index in [0.29, 0.717) is 38.5 Å². The molecule has 0 amide bonds. The maximum atomic E-state index is 12.0. The maximum Gasteiger partial charge on any atom is 0.360 e. The van der Waals surface area contributed by atoms with Crippen molar-refractivity contribution >= 4 is 58.3 Å². The molecule has 6 unspecified atom stereocenters. The van der Waals surface area contributed by atoms with Gasteiger partial charge in [0, 0.05) is 21.5 Å². The van der Waals surface area contributed by atoms with Crippen molar-refractivity contribution in [3.05, 3.63) is 0 Å². The zero-order valence-electron chi connectivity index (χ0n) is 11.9. The van der Waals surface area contributed by atoms with Crippen molar-refractivity contribution < 1.29 is 19.4 Å². The van der Waals surface area contributed by atoms with Gasteiger partial charge in [0.2, 0.25) is 0 Å². The van der Waals surface area contributed by atoms with Gasteiger partial charge in [0.25, 0.3) is 0 Å². The highest BCUT2D eigenvalue weighted by atomic mass is 35.5. The average molecular weight is 392 g/mol. The van der Waals surface area contributed by atoms with E-state index in [1.165, 1.54) is 0 Å². The van der Waals surface area contributed by atoms with E-state index in [1.54, 1.807) is 0 Å². The fourth-order valence-corrected chi connectivity index (χ4v) is 4.58. The summed E-state index contributed by atoms with van der Waals surface area (Å²) in [6, 6.07) is 0. The molecular weight excluding hydrogens is 374 g/mol. The van der Waals surface area contributed by atoms with E-state index in [1.807, 2.05) is 0 Å². The Hall–Kier alpha value is 0.1000. The Morgan fingerprint density at radius 1 is 0.682 bits per heavy atom. The van der Waals surface area contributed by atoms with E-state index in [4.69, 9.17) is 46.4 Å². The minimum absolute atomic E-state index is 0.0307. The summed E-state index contributed by atoms with van der Waals surface area (Å²) < 4.78 is 0. The molecule has 0 bridgehead atoms. The largest absolute Gasteiger partial charge is 0.360 e. The molecule has 0 aromatic rings. The lowest BCUT2D eigenvalue weighted by Crippen LogP contribution is -2.36. The van der Waals surface area contributed by atoms with Crippen LogP contribution in [0.25, 0.3) is 0 Å². The number of halogens is 4. The molecule has 2 fully saturated rings. The molecule has 0 aromatic heterocycles. The van der Waals surface area contributed by atoms with Gasteiger partial charge in [-0.05, 0) is 38.5 Å². The summed E-state index contributed by atoms with van der Waals surface area (Å²) in [6.07, 6.45) is 3.47. The second-order valence-corrected chi connectivity index (χ2v) is 8.23. The molecule has 8 heteroatoms. The Morgan fingerprint density at radius 2 is 1.05 bits per heavy atom. The van der Waals surface area contributed by atoms with Crippen LogP contribution >= 0.6 is 46.4 Å². The Morgan fingerprint density at radius 3 is 1.36 bits per heavy atom. The van der Waals surface area contributed by atoms with Gasteiger partial charge in [-0.25, -0.2) is 19.4 Å². The third kappa shape index (κ3) is 4.80. The summed E-state index contributed by atoms with van der Waals surface area (Å²) in [7, 11) is 0. The van der Waals surface area contributed by atoms with Gasteiger partial charge in [-0.15, -0.1) is 46.4 Å². The molecule has 2 aliphatic rings. The lowest BCUT2D eigenvalue weighted by molar-refractivity contribution is -0.266. The van der Waals surface area contributed by atoms with Crippen molar-refractivity contribution in [2.24, 2.45) is 11.8 Å². The number of carbonyl (C=O) groups is 2. The molecule has 0 heterocycles. The Labute approximate surface area is 149 Å². The molecule has 0 aliphatic heterocycles. The lowest BCUT2D eigenvalue weighted by Gasteiger charge is -2.29. The molecule has 2 rings (SSSR count). The third-order valence-corrected chi connectivity index (χ3v) is 5.99. The van der Waals surface area contributed by atoms with Crippen molar-refractivity contribution in [3.63, 3.8) is 0 Å². The van der Waals surface area contributed by atoms with Crippen LogP contribution in [0.1, 0.15) is 38.5 Å². The molecule has 4 nitrogen and oxygen atoms in total. The van der Waals surface area contributed by atoms with Crippen LogP contribution < -0.4 is 0 Å². The second kappa shape index (κ2) is 8.27. The molecule has 2 aliphatic carbocycles. The lowest BCUT2D eigenvalue weighted by atomic mass is 9.88. The quantitative estimate of drug-likeness (QED) is 0.405. The molecule has 0 aromatic carbocycles. The van der Waals surface area contributed by atoms with E-state index in [9.17, 15) is 9.59 Å². The van der Waals surface area contributed by atoms with Crippen LogP contribution in [0.2, 0.25) is 0 Å². The summed E-state index contributed by atoms with van der Waals surface area (Å²) in [4.78, 5) is 33.2. The first-order valence-electron chi connectivity index (χ1n) is 7.37. The van der Waals surface area contributed by atoms with Crippen molar-refractivity contribution in [1.82, 2.24) is 0 Å². The summed E-state index contributed by atoms with van der Waals surface area (Å²) in [5.41, 5.74) is 0. The minimum Gasteiger partial charge on any atom is -0.247 e. The van der Waals surface area contributed by atoms with Gasteiger partial charge < -0.3 is 0 Å². The predicted molar refractivity (Wildman–Crippen MR) is 85.4 cm³/mol. The van der Waals surface area contributed by atoms with Crippen LogP contribution in [0.15, 0.2) is 0 Å². The molecule has 0 N–H and O–H groups in total. The molecule has 2 saturated carbocycles. The summed E-state index contributed by atoms with van der Waals surface area (Å²) in [5.74, 6) is -2.27. The monoisotopic (exact) mass is 390 g/mol. The Balaban J connectivity index is 1.79. The SMILES string of the molecule is O=C(OOC(=O)C1CCC(Cl)CC1Cl)C1CCC(Cl)CC1Cl. The van der Waals surface area contributed by atoms with E-state index in [0.717, 1.165) is 0 Å². The number of hydrogen-bond donors (Lipinski definition) is 0. The molecule has 0 radical (unpaired) electrons. The molecule has 0 saturated heterocycles. The van der Waals surface area contributed by atoms with Gasteiger partial charge in [-0.3, -0.25) is 0 Å². The number of hydrogen-bond acceptors (Lipinski definition) is 4. The minimum atomic E-state index is -0.630. The normalized spacial score (nSPS) is 39.1.